The molecule has 8 nitrogen and oxygen atoms in total. The lowest BCUT2D eigenvalue weighted by Crippen LogP contribution is -2.57. The van der Waals surface area contributed by atoms with E-state index < -0.39 is 5.92 Å². The van der Waals surface area contributed by atoms with Gasteiger partial charge in [0, 0.05) is 34.9 Å². The SMILES string of the molecule is CC1=CC(C)=NC(=O)C1CNC(=O)c1cc(C2CC(C)(C)NC(C)(C)C2)nc2c1cnn2C1CCCC1. The number of piperidine rings is 1. The molecule has 2 amide bonds. The third kappa shape index (κ3) is 5.26. The Hall–Kier alpha value is -2.87. The molecule has 2 fully saturated rings. The van der Waals surface area contributed by atoms with Crippen LogP contribution in [-0.4, -0.2) is 49.9 Å². The quantitative estimate of drug-likeness (QED) is 0.605. The Morgan fingerprint density at radius 1 is 1.14 bits per heavy atom. The van der Waals surface area contributed by atoms with Gasteiger partial charge in [-0.05, 0) is 79.4 Å². The molecule has 0 aromatic carbocycles. The highest BCUT2D eigenvalue weighted by Crippen LogP contribution is 2.40. The van der Waals surface area contributed by atoms with E-state index in [1.54, 1.807) is 6.20 Å². The number of rotatable bonds is 5. The molecule has 198 valence electrons. The zero-order valence-corrected chi connectivity index (χ0v) is 23.0. The van der Waals surface area contributed by atoms with Crippen molar-refractivity contribution in [2.75, 3.05) is 6.54 Å². The fourth-order valence-electron chi connectivity index (χ4n) is 6.83. The number of nitrogens with one attached hydrogen (secondary N) is 2. The molecule has 2 aliphatic heterocycles. The van der Waals surface area contributed by atoms with Crippen LogP contribution in [0.1, 0.15) is 108 Å². The number of amides is 2. The number of carbonyl (C=O) groups is 2. The van der Waals surface area contributed by atoms with Gasteiger partial charge in [-0.15, -0.1) is 0 Å². The first kappa shape index (κ1) is 25.8. The highest BCUT2D eigenvalue weighted by atomic mass is 16.2. The van der Waals surface area contributed by atoms with Crippen molar-refractivity contribution in [2.45, 2.75) is 103 Å². The summed E-state index contributed by atoms with van der Waals surface area (Å²) in [4.78, 5) is 35.4. The molecule has 1 saturated heterocycles. The van der Waals surface area contributed by atoms with E-state index in [0.717, 1.165) is 48.0 Å². The Labute approximate surface area is 219 Å². The number of allylic oxidation sites excluding steroid dienone is 1. The molecule has 2 aromatic rings. The normalized spacial score (nSPS) is 24.3. The minimum atomic E-state index is -0.434. The first-order valence-corrected chi connectivity index (χ1v) is 13.7. The van der Waals surface area contributed by atoms with Crippen molar-refractivity contribution in [1.29, 1.82) is 0 Å². The summed E-state index contributed by atoms with van der Waals surface area (Å²) >= 11 is 0. The van der Waals surface area contributed by atoms with Gasteiger partial charge in [-0.3, -0.25) is 9.59 Å². The Bertz CT molecular complexity index is 1280. The molecule has 3 aliphatic rings. The van der Waals surface area contributed by atoms with E-state index >= 15 is 0 Å². The molecule has 0 bridgehead atoms. The van der Waals surface area contributed by atoms with Gasteiger partial charge in [0.05, 0.1) is 29.1 Å². The summed E-state index contributed by atoms with van der Waals surface area (Å²) in [6, 6.07) is 2.29. The van der Waals surface area contributed by atoms with Crippen molar-refractivity contribution in [2.24, 2.45) is 10.9 Å². The molecule has 1 unspecified atom stereocenters. The lowest BCUT2D eigenvalue weighted by atomic mass is 9.74. The maximum atomic E-state index is 13.6. The average Bonchev–Trinajstić information content (AvgIpc) is 3.45. The average molecular weight is 505 g/mol. The largest absolute Gasteiger partial charge is 0.351 e. The number of fused-ring (bicyclic) bond motifs is 1. The molecular weight excluding hydrogens is 464 g/mol. The summed E-state index contributed by atoms with van der Waals surface area (Å²) < 4.78 is 2.05. The fraction of sp³-hybridized carbons (Fsp3) is 0.621. The monoisotopic (exact) mass is 504 g/mol. The van der Waals surface area contributed by atoms with Crippen LogP contribution in [0.15, 0.2) is 28.9 Å². The number of aliphatic imine (C=N–C) groups is 1. The van der Waals surface area contributed by atoms with Crippen LogP contribution in [0.3, 0.4) is 0 Å². The smallest absolute Gasteiger partial charge is 0.254 e. The van der Waals surface area contributed by atoms with Crippen molar-refractivity contribution >= 4 is 28.6 Å². The minimum absolute atomic E-state index is 0.0406. The van der Waals surface area contributed by atoms with Gasteiger partial charge in [-0.25, -0.2) is 14.7 Å². The maximum absolute atomic E-state index is 13.6. The zero-order valence-electron chi connectivity index (χ0n) is 23.0. The van der Waals surface area contributed by atoms with Gasteiger partial charge in [-0.2, -0.15) is 5.10 Å². The number of pyridine rings is 1. The Balaban J connectivity index is 1.50. The first-order valence-electron chi connectivity index (χ1n) is 13.7. The number of carbonyl (C=O) groups excluding carboxylic acids is 2. The van der Waals surface area contributed by atoms with Crippen LogP contribution < -0.4 is 10.6 Å². The fourth-order valence-corrected chi connectivity index (χ4v) is 6.83. The van der Waals surface area contributed by atoms with Crippen molar-refractivity contribution in [3.63, 3.8) is 0 Å². The van der Waals surface area contributed by atoms with E-state index in [9.17, 15) is 9.59 Å². The van der Waals surface area contributed by atoms with Gasteiger partial charge in [0.2, 0.25) is 0 Å². The van der Waals surface area contributed by atoms with Gasteiger partial charge in [0.1, 0.15) is 0 Å². The molecule has 4 heterocycles. The summed E-state index contributed by atoms with van der Waals surface area (Å²) in [5, 5.41) is 12.3. The third-order valence-electron chi connectivity index (χ3n) is 8.15. The van der Waals surface area contributed by atoms with Gasteiger partial charge in [0.25, 0.3) is 11.8 Å². The minimum Gasteiger partial charge on any atom is -0.351 e. The van der Waals surface area contributed by atoms with E-state index in [-0.39, 0.29) is 35.4 Å². The van der Waals surface area contributed by atoms with Crippen molar-refractivity contribution in [1.82, 2.24) is 25.4 Å². The molecule has 5 rings (SSSR count). The van der Waals surface area contributed by atoms with E-state index in [4.69, 9.17) is 10.1 Å². The first-order chi connectivity index (χ1) is 17.4. The van der Waals surface area contributed by atoms with E-state index in [2.05, 4.69) is 48.0 Å². The molecule has 0 spiro atoms. The molecule has 0 radical (unpaired) electrons. The predicted octanol–water partition coefficient (Wildman–Crippen LogP) is 4.86. The second-order valence-corrected chi connectivity index (χ2v) is 12.6. The molecular formula is C29H40N6O2. The molecule has 1 saturated carbocycles. The summed E-state index contributed by atoms with van der Waals surface area (Å²) in [7, 11) is 0. The Morgan fingerprint density at radius 2 is 1.81 bits per heavy atom. The van der Waals surface area contributed by atoms with Crippen LogP contribution >= 0.6 is 0 Å². The Morgan fingerprint density at radius 3 is 2.46 bits per heavy atom. The highest BCUT2D eigenvalue weighted by Gasteiger charge is 2.39. The molecule has 1 aliphatic carbocycles. The molecule has 2 N–H and O–H groups in total. The van der Waals surface area contributed by atoms with E-state index in [1.807, 2.05) is 26.0 Å². The lowest BCUT2D eigenvalue weighted by molar-refractivity contribution is -0.120. The summed E-state index contributed by atoms with van der Waals surface area (Å²) in [6.07, 6.45) is 10.1. The summed E-state index contributed by atoms with van der Waals surface area (Å²) in [5.41, 5.74) is 3.88. The van der Waals surface area contributed by atoms with Crippen LogP contribution in [0.25, 0.3) is 11.0 Å². The summed E-state index contributed by atoms with van der Waals surface area (Å²) in [5.74, 6) is -0.612. The van der Waals surface area contributed by atoms with Gasteiger partial charge >= 0.3 is 0 Å². The number of hydrogen-bond acceptors (Lipinski definition) is 5. The molecule has 2 aromatic heterocycles. The van der Waals surface area contributed by atoms with Crippen LogP contribution in [0.5, 0.6) is 0 Å². The van der Waals surface area contributed by atoms with Gasteiger partial charge in [0.15, 0.2) is 5.65 Å². The van der Waals surface area contributed by atoms with Crippen molar-refractivity contribution < 1.29 is 9.59 Å². The van der Waals surface area contributed by atoms with Gasteiger partial charge < -0.3 is 10.6 Å². The molecule has 1 atom stereocenters. The summed E-state index contributed by atoms with van der Waals surface area (Å²) in [6.45, 7) is 12.9. The zero-order chi connectivity index (χ0) is 26.5. The lowest BCUT2D eigenvalue weighted by Gasteiger charge is -2.46. The number of dihydropyridines is 1. The Kier molecular flexibility index (Phi) is 6.59. The van der Waals surface area contributed by atoms with E-state index in [1.165, 1.54) is 12.8 Å². The van der Waals surface area contributed by atoms with Crippen LogP contribution in [0, 0.1) is 5.92 Å². The third-order valence-corrected chi connectivity index (χ3v) is 8.15. The standard InChI is InChI=1S/C29H40N6O2/c1-17-11-18(2)32-27(37)22(17)15-30-26(36)21-12-24(19-13-28(3,4)34-29(5,6)14-19)33-25-23(21)16-31-35(25)20-9-7-8-10-20/h11-12,16,19-20,22,34H,7-10,13-15H2,1-6H3,(H,30,36). The highest BCUT2D eigenvalue weighted by molar-refractivity contribution is 6.07. The number of hydrogen-bond donors (Lipinski definition) is 2. The van der Waals surface area contributed by atoms with Crippen LogP contribution in [0.4, 0.5) is 0 Å². The number of aromatic nitrogens is 3. The number of nitrogens with zero attached hydrogens (tertiary/aromatic N) is 4. The maximum Gasteiger partial charge on any atom is 0.254 e. The predicted molar refractivity (Wildman–Crippen MR) is 146 cm³/mol. The second-order valence-electron chi connectivity index (χ2n) is 12.6. The van der Waals surface area contributed by atoms with E-state index in [0.29, 0.717) is 17.3 Å². The molecule has 37 heavy (non-hydrogen) atoms. The van der Waals surface area contributed by atoms with Crippen molar-refractivity contribution in [3.05, 3.63) is 35.2 Å². The van der Waals surface area contributed by atoms with Gasteiger partial charge in [-0.1, -0.05) is 18.4 Å². The molecule has 8 heteroatoms. The topological polar surface area (TPSA) is 101 Å². The second kappa shape index (κ2) is 9.46. The van der Waals surface area contributed by atoms with Crippen LogP contribution in [0.2, 0.25) is 0 Å². The van der Waals surface area contributed by atoms with Crippen LogP contribution in [-0.2, 0) is 4.79 Å². The van der Waals surface area contributed by atoms with Crippen molar-refractivity contribution in [3.8, 4) is 0 Å².